The van der Waals surface area contributed by atoms with Crippen molar-refractivity contribution in [2.75, 3.05) is 13.2 Å². The van der Waals surface area contributed by atoms with Crippen molar-refractivity contribution >= 4 is 52.4 Å². The molecule has 304 valence electrons. The third-order valence-electron chi connectivity index (χ3n) is 8.70. The fourth-order valence-corrected chi connectivity index (χ4v) is 5.65. The fourth-order valence-electron chi connectivity index (χ4n) is 5.65. The maximum atomic E-state index is 14.2. The van der Waals surface area contributed by atoms with Crippen molar-refractivity contribution in [2.45, 2.75) is 61.9 Å². The van der Waals surface area contributed by atoms with Crippen LogP contribution in [-0.2, 0) is 52.8 Å². The van der Waals surface area contributed by atoms with Crippen LogP contribution in [0.1, 0.15) is 23.2 Å². The van der Waals surface area contributed by atoms with Crippen LogP contribution >= 0.6 is 0 Å². The number of nitrogens with zero attached hydrogens (tertiary/aromatic N) is 1. The molecule has 0 spiro atoms. The van der Waals surface area contributed by atoms with E-state index in [0.29, 0.717) is 27.7 Å². The Morgan fingerprint density at radius 2 is 1.23 bits per heavy atom. The summed E-state index contributed by atoms with van der Waals surface area (Å²) in [5, 5.41) is 59.9. The van der Waals surface area contributed by atoms with Gasteiger partial charge in [0.15, 0.2) is 0 Å². The van der Waals surface area contributed by atoms with Crippen LogP contribution in [-0.4, -0.2) is 131 Å². The summed E-state index contributed by atoms with van der Waals surface area (Å²) in [4.78, 5) is 101. The summed E-state index contributed by atoms with van der Waals surface area (Å²) in [7, 11) is 0. The summed E-state index contributed by atoms with van der Waals surface area (Å²) < 4.78 is 0. The average Bonchev–Trinajstić information content (AvgIpc) is 3.85. The molecule has 4 aromatic rings. The number of rotatable bonds is 21. The number of nitrogens with one attached hydrogen (secondary N) is 7. The van der Waals surface area contributed by atoms with Crippen LogP contribution in [0.5, 0.6) is 5.75 Å². The van der Waals surface area contributed by atoms with Gasteiger partial charge >= 0.3 is 11.9 Å². The number of hydrogen-bond acceptors (Lipinski definition) is 12. The lowest BCUT2D eigenvalue weighted by atomic mass is 10.0. The number of amides is 5. The zero-order valence-electron chi connectivity index (χ0n) is 30.2. The number of H-pyrrole nitrogens is 2. The van der Waals surface area contributed by atoms with E-state index >= 15 is 0 Å². The number of para-hydroxylation sites is 1. The lowest BCUT2D eigenvalue weighted by Crippen LogP contribution is -2.60. The molecule has 0 aliphatic rings. The van der Waals surface area contributed by atoms with Crippen molar-refractivity contribution in [2.24, 2.45) is 5.73 Å². The Morgan fingerprint density at radius 1 is 0.667 bits per heavy atom. The van der Waals surface area contributed by atoms with Gasteiger partial charge in [0.05, 0.1) is 26.0 Å². The van der Waals surface area contributed by atoms with Crippen molar-refractivity contribution in [3.63, 3.8) is 0 Å². The number of aliphatic hydroxyl groups is 2. The minimum Gasteiger partial charge on any atom is -0.508 e. The van der Waals surface area contributed by atoms with Crippen molar-refractivity contribution in [1.82, 2.24) is 41.5 Å². The molecule has 0 fully saturated rings. The number of benzene rings is 2. The van der Waals surface area contributed by atoms with Crippen molar-refractivity contribution in [3.05, 3.63) is 84.1 Å². The minimum absolute atomic E-state index is 0.0876. The molecular weight excluding hydrogens is 750 g/mol. The summed E-state index contributed by atoms with van der Waals surface area (Å²) in [6, 6.07) is 3.17. The summed E-state index contributed by atoms with van der Waals surface area (Å²) in [5.41, 5.74) is 7.71. The monoisotopic (exact) mass is 793 g/mol. The number of aliphatic carboxylic acids is 2. The maximum Gasteiger partial charge on any atom is 0.328 e. The third kappa shape index (κ3) is 12.3. The Balaban J connectivity index is 1.68. The SMILES string of the molecule is N[C@@H](CO)C(=O)N[C@@H](Cc1cnc[nH]1)C(=O)N[C@@H](Cc1ccc(O)cc1)C(=O)N[C@@H](Cc1c[nH]c2ccccc12)C(=O)N[C@@H](CC(=O)O)C(=O)N[C@@H](CO)C(=O)O. The first kappa shape index (κ1) is 42.9. The second kappa shape index (κ2) is 20.2. The number of carboxylic acid groups (broad SMARTS) is 2. The number of imidazole rings is 1. The zero-order chi connectivity index (χ0) is 41.6. The Morgan fingerprint density at radius 3 is 1.81 bits per heavy atom. The minimum atomic E-state index is -1.87. The van der Waals surface area contributed by atoms with Gasteiger partial charge < -0.3 is 67.8 Å². The van der Waals surface area contributed by atoms with Crippen LogP contribution in [0.4, 0.5) is 0 Å². The highest BCUT2D eigenvalue weighted by Crippen LogP contribution is 2.20. The summed E-state index contributed by atoms with van der Waals surface area (Å²) in [6.45, 7) is -1.77. The lowest BCUT2D eigenvalue weighted by molar-refractivity contribution is -0.144. The molecule has 4 rings (SSSR count). The molecule has 0 saturated heterocycles. The van der Waals surface area contributed by atoms with Crippen molar-refractivity contribution in [1.29, 1.82) is 0 Å². The van der Waals surface area contributed by atoms with E-state index in [4.69, 9.17) is 5.73 Å². The Bertz CT molecular complexity index is 2040. The number of carbonyl (C=O) groups is 7. The maximum absolute atomic E-state index is 14.2. The first-order valence-electron chi connectivity index (χ1n) is 17.4. The van der Waals surface area contributed by atoms with E-state index in [2.05, 4.69) is 36.2 Å². The van der Waals surface area contributed by atoms with Crippen LogP contribution in [0.15, 0.2) is 67.3 Å². The first-order valence-corrected chi connectivity index (χ1v) is 17.4. The van der Waals surface area contributed by atoms with Crippen LogP contribution in [0.25, 0.3) is 10.9 Å². The topological polar surface area (TPSA) is 351 Å². The smallest absolute Gasteiger partial charge is 0.328 e. The van der Waals surface area contributed by atoms with Gasteiger partial charge in [0.25, 0.3) is 0 Å². The second-order valence-electron chi connectivity index (χ2n) is 12.9. The molecule has 2 aromatic carbocycles. The number of carboxylic acids is 2. The van der Waals surface area contributed by atoms with E-state index in [1.165, 1.54) is 36.8 Å². The van der Waals surface area contributed by atoms with Crippen molar-refractivity contribution in [3.8, 4) is 5.75 Å². The van der Waals surface area contributed by atoms with Gasteiger partial charge in [-0.1, -0.05) is 30.3 Å². The number of hydrogen-bond donors (Lipinski definition) is 13. The number of nitrogens with two attached hydrogens (primary N) is 1. The molecule has 2 heterocycles. The second-order valence-corrected chi connectivity index (χ2v) is 12.9. The number of phenols is 1. The normalized spacial score (nSPS) is 14.2. The molecule has 0 bridgehead atoms. The summed E-state index contributed by atoms with van der Waals surface area (Å²) >= 11 is 0. The molecule has 0 aliphatic carbocycles. The average molecular weight is 794 g/mol. The number of aromatic hydroxyl groups is 1. The van der Waals surface area contributed by atoms with E-state index in [-0.39, 0.29) is 25.0 Å². The van der Waals surface area contributed by atoms with Gasteiger partial charge in [0.2, 0.25) is 29.5 Å². The number of carbonyl (C=O) groups excluding carboxylic acids is 5. The highest BCUT2D eigenvalue weighted by molar-refractivity contribution is 5.98. The molecular formula is C36H43N9O12. The number of aromatic nitrogens is 3. The number of phenolic OH excluding ortho intramolecular Hbond substituents is 1. The predicted molar refractivity (Wildman–Crippen MR) is 198 cm³/mol. The first-order chi connectivity index (χ1) is 27.2. The molecule has 57 heavy (non-hydrogen) atoms. The molecule has 21 heteroatoms. The van der Waals surface area contributed by atoms with Crippen molar-refractivity contribution < 1.29 is 59.1 Å². The highest BCUT2D eigenvalue weighted by Gasteiger charge is 2.34. The standard InChI is InChI=1S/C36H43N9O12/c37-23(15-46)31(51)41-27(11-20-14-38-17-40-20)34(54)42-25(9-18-5-7-21(48)8-6-18)32(52)43-26(10-19-13-39-24-4-2-1-3-22(19)24)33(53)44-28(12-30(49)50)35(55)45-29(16-47)36(56)57/h1-8,13-14,17,23,25-29,39,46-48H,9-12,15-16,37H2,(H,38,40)(H,41,51)(H,42,54)(H,43,52)(H,44,53)(H,45,55)(H,49,50)(H,56,57)/t23-,25-,26-,27-,28-,29-/m0/s1. The number of fused-ring (bicyclic) bond motifs is 1. The summed E-state index contributed by atoms with van der Waals surface area (Å²) in [6.07, 6.45) is 2.69. The third-order valence-corrected chi connectivity index (χ3v) is 8.70. The molecule has 14 N–H and O–H groups in total. The van der Waals surface area contributed by atoms with Gasteiger partial charge in [-0.3, -0.25) is 28.8 Å². The molecule has 0 aliphatic heterocycles. The van der Waals surface area contributed by atoms with E-state index in [1.807, 2.05) is 5.32 Å². The summed E-state index contributed by atoms with van der Waals surface area (Å²) in [5.74, 6) is -8.26. The van der Waals surface area contributed by atoms with Crippen LogP contribution in [0, 0.1) is 0 Å². The molecule has 6 atom stereocenters. The van der Waals surface area contributed by atoms with E-state index in [0.717, 1.165) is 0 Å². The number of aliphatic hydroxyl groups excluding tert-OH is 2. The van der Waals surface area contributed by atoms with Gasteiger partial charge in [0.1, 0.15) is 42.0 Å². The van der Waals surface area contributed by atoms with Gasteiger partial charge in [-0.2, -0.15) is 0 Å². The Labute approximate surface area is 323 Å². The van der Waals surface area contributed by atoms with Gasteiger partial charge in [-0.05, 0) is 29.3 Å². The Kier molecular flexibility index (Phi) is 15.2. The van der Waals surface area contributed by atoms with E-state index in [1.54, 1.807) is 30.5 Å². The molecule has 2 aromatic heterocycles. The zero-order valence-corrected chi connectivity index (χ0v) is 30.2. The predicted octanol–water partition coefficient (Wildman–Crippen LogP) is -3.08. The van der Waals surface area contributed by atoms with Crippen LogP contribution < -0.4 is 32.3 Å². The van der Waals surface area contributed by atoms with Gasteiger partial charge in [-0.15, -0.1) is 0 Å². The Hall–Kier alpha value is -6.84. The van der Waals surface area contributed by atoms with Gasteiger partial charge in [-0.25, -0.2) is 9.78 Å². The largest absolute Gasteiger partial charge is 0.508 e. The van der Waals surface area contributed by atoms with Crippen LogP contribution in [0.2, 0.25) is 0 Å². The van der Waals surface area contributed by atoms with E-state index in [9.17, 15) is 59.1 Å². The fraction of sp³-hybridized carbons (Fsp3) is 0.333. The molecule has 0 radical (unpaired) electrons. The lowest BCUT2D eigenvalue weighted by Gasteiger charge is -2.27. The quantitative estimate of drug-likeness (QED) is 0.0398. The molecule has 0 unspecified atom stereocenters. The number of aromatic amines is 2. The molecule has 0 saturated carbocycles. The molecule has 21 nitrogen and oxygen atoms in total. The molecule has 5 amide bonds. The highest BCUT2D eigenvalue weighted by atomic mass is 16.4. The van der Waals surface area contributed by atoms with E-state index < -0.39 is 97.4 Å². The van der Waals surface area contributed by atoms with Gasteiger partial charge in [0, 0.05) is 48.3 Å². The van der Waals surface area contributed by atoms with Crippen LogP contribution in [0.3, 0.4) is 0 Å².